The molecule has 5 heteroatoms. The minimum Gasteiger partial charge on any atom is -0.493 e. The topological polar surface area (TPSA) is 43.4 Å². The number of ether oxygens (including phenoxy) is 2. The van der Waals surface area contributed by atoms with Gasteiger partial charge in [-0.05, 0) is 31.0 Å². The van der Waals surface area contributed by atoms with Crippen molar-refractivity contribution in [1.82, 2.24) is 4.98 Å². The van der Waals surface area contributed by atoms with Crippen LogP contribution in [0, 0.1) is 0 Å². The predicted octanol–water partition coefficient (Wildman–Crippen LogP) is 4.18. The Morgan fingerprint density at radius 2 is 2.24 bits per heavy atom. The lowest BCUT2D eigenvalue weighted by atomic mass is 10.0. The molecule has 1 unspecified atom stereocenters. The van der Waals surface area contributed by atoms with Crippen LogP contribution in [0.5, 0.6) is 11.6 Å². The van der Waals surface area contributed by atoms with Gasteiger partial charge in [-0.15, -0.1) is 0 Å². The summed E-state index contributed by atoms with van der Waals surface area (Å²) in [6.07, 6.45) is 3.84. The lowest BCUT2D eigenvalue weighted by Gasteiger charge is -2.19. The molecule has 4 nitrogen and oxygen atoms in total. The van der Waals surface area contributed by atoms with Gasteiger partial charge in [-0.3, -0.25) is 0 Å². The second-order valence-corrected chi connectivity index (χ2v) is 5.87. The monoisotopic (exact) mass is 348 g/mol. The van der Waals surface area contributed by atoms with Gasteiger partial charge in [-0.25, -0.2) is 4.98 Å². The lowest BCUT2D eigenvalue weighted by molar-refractivity contribution is 0.316. The smallest absolute Gasteiger partial charge is 0.213 e. The molecule has 1 N–H and O–H groups in total. The number of fused-ring (bicyclic) bond motifs is 1. The molecule has 110 valence electrons. The summed E-state index contributed by atoms with van der Waals surface area (Å²) in [7, 11) is 1.62. The third kappa shape index (κ3) is 3.29. The molecule has 0 amide bonds. The van der Waals surface area contributed by atoms with Crippen LogP contribution >= 0.6 is 15.9 Å². The van der Waals surface area contributed by atoms with Crippen LogP contribution in [0.3, 0.4) is 0 Å². The summed E-state index contributed by atoms with van der Waals surface area (Å²) in [6, 6.07) is 10.3. The zero-order chi connectivity index (χ0) is 14.7. The van der Waals surface area contributed by atoms with E-state index in [1.807, 2.05) is 18.2 Å². The lowest BCUT2D eigenvalue weighted by Crippen LogP contribution is -2.10. The van der Waals surface area contributed by atoms with Gasteiger partial charge in [-0.1, -0.05) is 22.0 Å². The van der Waals surface area contributed by atoms with Gasteiger partial charge in [0.15, 0.2) is 0 Å². The first-order chi connectivity index (χ1) is 10.3. The maximum absolute atomic E-state index is 5.83. The van der Waals surface area contributed by atoms with Gasteiger partial charge in [0, 0.05) is 16.1 Å². The molecule has 1 aliphatic heterocycles. The van der Waals surface area contributed by atoms with E-state index < -0.39 is 0 Å². The highest BCUT2D eigenvalue weighted by atomic mass is 79.9. The molecule has 21 heavy (non-hydrogen) atoms. The van der Waals surface area contributed by atoms with Crippen molar-refractivity contribution in [3.63, 3.8) is 0 Å². The molecular weight excluding hydrogens is 332 g/mol. The second kappa shape index (κ2) is 6.35. The van der Waals surface area contributed by atoms with E-state index in [-0.39, 0.29) is 6.04 Å². The zero-order valence-electron chi connectivity index (χ0n) is 11.8. The summed E-state index contributed by atoms with van der Waals surface area (Å²) < 4.78 is 11.9. The number of halogens is 1. The largest absolute Gasteiger partial charge is 0.493 e. The minimum absolute atomic E-state index is 0.228. The van der Waals surface area contributed by atoms with E-state index >= 15 is 0 Å². The van der Waals surface area contributed by atoms with E-state index in [0.717, 1.165) is 35.4 Å². The van der Waals surface area contributed by atoms with Crippen molar-refractivity contribution < 1.29 is 9.47 Å². The third-order valence-electron chi connectivity index (χ3n) is 3.53. The Morgan fingerprint density at radius 3 is 3.00 bits per heavy atom. The second-order valence-electron chi connectivity index (χ2n) is 4.96. The Morgan fingerprint density at radius 1 is 1.33 bits per heavy atom. The van der Waals surface area contributed by atoms with Crippen LogP contribution in [0.1, 0.15) is 24.4 Å². The summed E-state index contributed by atoms with van der Waals surface area (Å²) in [5.74, 6) is 1.56. The summed E-state index contributed by atoms with van der Waals surface area (Å²) in [5, 5.41) is 3.53. The first-order valence-corrected chi connectivity index (χ1v) is 7.74. The number of nitrogens with one attached hydrogen (secondary N) is 1. The van der Waals surface area contributed by atoms with Crippen LogP contribution in [0.2, 0.25) is 0 Å². The number of hydrogen-bond donors (Lipinski definition) is 1. The molecule has 2 aromatic rings. The number of hydrogen-bond acceptors (Lipinski definition) is 4. The minimum atomic E-state index is 0.228. The Labute approximate surface area is 132 Å². The van der Waals surface area contributed by atoms with Crippen LogP contribution in [0.4, 0.5) is 5.69 Å². The Hall–Kier alpha value is -1.75. The molecule has 0 bridgehead atoms. The maximum atomic E-state index is 5.83. The first kappa shape index (κ1) is 14.2. The third-order valence-corrected chi connectivity index (χ3v) is 4.03. The van der Waals surface area contributed by atoms with E-state index in [9.17, 15) is 0 Å². The highest BCUT2D eigenvalue weighted by Gasteiger charge is 2.20. The Balaban J connectivity index is 1.84. The molecule has 0 saturated heterocycles. The van der Waals surface area contributed by atoms with Gasteiger partial charge >= 0.3 is 0 Å². The summed E-state index contributed by atoms with van der Waals surface area (Å²) in [6.45, 7) is 0.752. The number of benzene rings is 1. The summed E-state index contributed by atoms with van der Waals surface area (Å²) >= 11 is 3.49. The van der Waals surface area contributed by atoms with Crippen molar-refractivity contribution in [1.29, 1.82) is 0 Å². The highest BCUT2D eigenvalue weighted by Crippen LogP contribution is 2.35. The Bertz CT molecular complexity index is 616. The van der Waals surface area contributed by atoms with Gasteiger partial charge in [0.1, 0.15) is 5.75 Å². The van der Waals surface area contributed by atoms with Crippen LogP contribution in [0.15, 0.2) is 41.0 Å². The van der Waals surface area contributed by atoms with Crippen LogP contribution in [-0.4, -0.2) is 18.7 Å². The van der Waals surface area contributed by atoms with Crippen molar-refractivity contribution in [3.8, 4) is 11.6 Å². The summed E-state index contributed by atoms with van der Waals surface area (Å²) in [5.41, 5.74) is 2.17. The summed E-state index contributed by atoms with van der Waals surface area (Å²) in [4.78, 5) is 4.23. The molecular formula is C16H17BrN2O2. The van der Waals surface area contributed by atoms with Gasteiger partial charge < -0.3 is 14.8 Å². The first-order valence-electron chi connectivity index (χ1n) is 6.95. The molecule has 0 radical (unpaired) electrons. The molecule has 1 atom stereocenters. The van der Waals surface area contributed by atoms with Crippen molar-refractivity contribution in [3.05, 3.63) is 46.6 Å². The maximum Gasteiger partial charge on any atom is 0.213 e. The predicted molar refractivity (Wildman–Crippen MR) is 86.0 cm³/mol. The fraction of sp³-hybridized carbons (Fsp3) is 0.312. The van der Waals surface area contributed by atoms with Gasteiger partial charge in [0.05, 0.1) is 31.6 Å². The quantitative estimate of drug-likeness (QED) is 0.903. The number of anilines is 1. The fourth-order valence-electron chi connectivity index (χ4n) is 2.48. The van der Waals surface area contributed by atoms with Crippen molar-refractivity contribution in [2.24, 2.45) is 0 Å². The molecule has 2 heterocycles. The number of rotatable bonds is 3. The molecule has 1 aliphatic rings. The molecule has 0 saturated carbocycles. The van der Waals surface area contributed by atoms with Crippen molar-refractivity contribution in [2.45, 2.75) is 18.9 Å². The zero-order valence-corrected chi connectivity index (χ0v) is 13.4. The van der Waals surface area contributed by atoms with Crippen molar-refractivity contribution in [2.75, 3.05) is 19.0 Å². The Kier molecular flexibility index (Phi) is 4.29. The molecule has 0 aliphatic carbocycles. The number of aromatic nitrogens is 1. The number of pyridine rings is 1. The van der Waals surface area contributed by atoms with E-state index in [1.54, 1.807) is 13.3 Å². The van der Waals surface area contributed by atoms with E-state index in [4.69, 9.17) is 9.47 Å². The van der Waals surface area contributed by atoms with Crippen molar-refractivity contribution >= 4 is 21.6 Å². The molecule has 0 fully saturated rings. The van der Waals surface area contributed by atoms with Crippen LogP contribution in [-0.2, 0) is 0 Å². The van der Waals surface area contributed by atoms with Gasteiger partial charge in [0.2, 0.25) is 5.88 Å². The van der Waals surface area contributed by atoms with E-state index in [2.05, 4.69) is 38.4 Å². The highest BCUT2D eigenvalue weighted by molar-refractivity contribution is 9.10. The average Bonchev–Trinajstić information content (AvgIpc) is 2.70. The molecule has 0 spiro atoms. The van der Waals surface area contributed by atoms with Crippen LogP contribution < -0.4 is 14.8 Å². The SMILES string of the molecule is COc1ccc(NC2CCCOc3cc(Br)ccc32)cn1. The number of methoxy groups -OCH3 is 1. The molecule has 3 rings (SSSR count). The normalized spacial score (nSPS) is 17.3. The van der Waals surface area contributed by atoms with E-state index in [1.165, 1.54) is 5.56 Å². The standard InChI is InChI=1S/C16H17BrN2O2/c1-20-16-7-5-12(10-18-16)19-14-3-2-8-21-15-9-11(17)4-6-13(14)15/h4-7,9-10,14,19H,2-3,8H2,1H3. The molecule has 1 aromatic heterocycles. The number of nitrogens with zero attached hydrogens (tertiary/aromatic N) is 1. The van der Waals surface area contributed by atoms with Crippen LogP contribution in [0.25, 0.3) is 0 Å². The fourth-order valence-corrected chi connectivity index (χ4v) is 2.82. The van der Waals surface area contributed by atoms with Gasteiger partial charge in [0.25, 0.3) is 0 Å². The molecule has 1 aromatic carbocycles. The van der Waals surface area contributed by atoms with Gasteiger partial charge in [-0.2, -0.15) is 0 Å². The average molecular weight is 349 g/mol. The van der Waals surface area contributed by atoms with E-state index in [0.29, 0.717) is 5.88 Å².